The van der Waals surface area contributed by atoms with Crippen LogP contribution in [-0.4, -0.2) is 15.4 Å². The summed E-state index contributed by atoms with van der Waals surface area (Å²) in [5.74, 6) is 0.779. The van der Waals surface area contributed by atoms with E-state index in [1.807, 2.05) is 68.8 Å². The molecule has 2 rings (SSSR count). The maximum absolute atomic E-state index is 5.91. The smallest absolute Gasteiger partial charge is 0.217 e. The molecule has 0 aliphatic carbocycles. The number of aryl methyl sites for hydroxylation is 1. The number of ether oxygens (including phenoxy) is 1. The first-order valence-electron chi connectivity index (χ1n) is 5.77. The van der Waals surface area contributed by atoms with Crippen LogP contribution in [0.15, 0.2) is 36.4 Å². The fraction of sp³-hybridized carbons (Fsp3) is 0.357. The first kappa shape index (κ1) is 11.7. The Hall–Kier alpha value is -1.77. The van der Waals surface area contributed by atoms with Crippen LogP contribution in [0.3, 0.4) is 0 Å². The van der Waals surface area contributed by atoms with Gasteiger partial charge in [0.15, 0.2) is 0 Å². The maximum atomic E-state index is 5.91. The van der Waals surface area contributed by atoms with E-state index in [9.17, 15) is 0 Å². The molecule has 0 saturated carbocycles. The molecule has 0 radical (unpaired) electrons. The summed E-state index contributed by atoms with van der Waals surface area (Å²) >= 11 is 0. The molecule has 0 saturated heterocycles. The van der Waals surface area contributed by atoms with Gasteiger partial charge in [0, 0.05) is 6.07 Å². The summed E-state index contributed by atoms with van der Waals surface area (Å²) in [6, 6.07) is 12.0. The van der Waals surface area contributed by atoms with Gasteiger partial charge in [-0.15, -0.1) is 0 Å². The molecule has 2 aromatic rings. The minimum Gasteiger partial charge on any atom is -0.472 e. The molecule has 0 atom stereocenters. The lowest BCUT2D eigenvalue weighted by atomic mass is 10.2. The highest BCUT2D eigenvalue weighted by atomic mass is 16.5. The van der Waals surface area contributed by atoms with Gasteiger partial charge in [0.2, 0.25) is 5.88 Å². The summed E-state index contributed by atoms with van der Waals surface area (Å²) in [5.41, 5.74) is 1.74. The molecule has 0 aliphatic rings. The zero-order valence-corrected chi connectivity index (χ0v) is 10.8. The summed E-state index contributed by atoms with van der Waals surface area (Å²) in [4.78, 5) is 0. The molecule has 0 amide bonds. The third kappa shape index (κ3) is 2.87. The minimum absolute atomic E-state index is 0.223. The number of hydrogen-bond donors (Lipinski definition) is 0. The summed E-state index contributed by atoms with van der Waals surface area (Å²) < 4.78 is 7.74. The SMILES string of the molecule is Cc1cc(OC(C)(C)C)n(-c2ccccc2)n1. The van der Waals surface area contributed by atoms with Crippen LogP contribution in [0, 0.1) is 6.92 Å². The van der Waals surface area contributed by atoms with Crippen LogP contribution < -0.4 is 4.74 Å². The number of nitrogens with zero attached hydrogens (tertiary/aromatic N) is 2. The molecule has 3 nitrogen and oxygen atoms in total. The maximum Gasteiger partial charge on any atom is 0.217 e. The van der Waals surface area contributed by atoms with Crippen LogP contribution in [0.25, 0.3) is 5.69 Å². The van der Waals surface area contributed by atoms with Crippen LogP contribution in [0.1, 0.15) is 26.5 Å². The topological polar surface area (TPSA) is 27.1 Å². The molecule has 0 N–H and O–H groups in total. The Morgan fingerprint density at radius 1 is 1.12 bits per heavy atom. The number of para-hydroxylation sites is 1. The molecule has 0 fully saturated rings. The van der Waals surface area contributed by atoms with Crippen LogP contribution in [-0.2, 0) is 0 Å². The fourth-order valence-electron chi connectivity index (χ4n) is 1.62. The normalized spacial score (nSPS) is 11.5. The monoisotopic (exact) mass is 230 g/mol. The molecule has 0 spiro atoms. The first-order chi connectivity index (χ1) is 7.96. The highest BCUT2D eigenvalue weighted by molar-refractivity contribution is 5.35. The lowest BCUT2D eigenvalue weighted by molar-refractivity contribution is 0.120. The van der Waals surface area contributed by atoms with Crippen molar-refractivity contribution in [2.75, 3.05) is 0 Å². The highest BCUT2D eigenvalue weighted by Crippen LogP contribution is 2.23. The Morgan fingerprint density at radius 3 is 2.35 bits per heavy atom. The predicted octanol–water partition coefficient (Wildman–Crippen LogP) is 3.36. The second-order valence-electron chi connectivity index (χ2n) is 5.09. The molecule has 0 aliphatic heterocycles. The molecular weight excluding hydrogens is 212 g/mol. The van der Waals surface area contributed by atoms with E-state index in [2.05, 4.69) is 5.10 Å². The predicted molar refractivity (Wildman–Crippen MR) is 68.7 cm³/mol. The second-order valence-corrected chi connectivity index (χ2v) is 5.09. The quantitative estimate of drug-likeness (QED) is 0.791. The van der Waals surface area contributed by atoms with Gasteiger partial charge in [-0.3, -0.25) is 0 Å². The fourth-order valence-corrected chi connectivity index (χ4v) is 1.62. The van der Waals surface area contributed by atoms with Crippen molar-refractivity contribution in [1.29, 1.82) is 0 Å². The number of benzene rings is 1. The Labute approximate surface area is 102 Å². The van der Waals surface area contributed by atoms with E-state index >= 15 is 0 Å². The van der Waals surface area contributed by atoms with Crippen molar-refractivity contribution in [3.63, 3.8) is 0 Å². The Morgan fingerprint density at radius 2 is 1.76 bits per heavy atom. The van der Waals surface area contributed by atoms with Gasteiger partial charge in [-0.1, -0.05) is 18.2 Å². The minimum atomic E-state index is -0.223. The van der Waals surface area contributed by atoms with Crippen molar-refractivity contribution in [2.45, 2.75) is 33.3 Å². The zero-order chi connectivity index (χ0) is 12.5. The van der Waals surface area contributed by atoms with Gasteiger partial charge in [0.05, 0.1) is 11.4 Å². The van der Waals surface area contributed by atoms with Gasteiger partial charge in [-0.05, 0) is 39.8 Å². The summed E-state index contributed by atoms with van der Waals surface area (Å²) in [5, 5.41) is 4.46. The molecule has 3 heteroatoms. The lowest BCUT2D eigenvalue weighted by Crippen LogP contribution is -2.24. The number of hydrogen-bond acceptors (Lipinski definition) is 2. The van der Waals surface area contributed by atoms with Crippen molar-refractivity contribution < 1.29 is 4.74 Å². The highest BCUT2D eigenvalue weighted by Gasteiger charge is 2.16. The number of aromatic nitrogens is 2. The average Bonchev–Trinajstić information content (AvgIpc) is 2.58. The summed E-state index contributed by atoms with van der Waals surface area (Å²) in [6.07, 6.45) is 0. The van der Waals surface area contributed by atoms with Crippen LogP contribution in [0.5, 0.6) is 5.88 Å². The Balaban J connectivity index is 2.41. The molecule has 0 bridgehead atoms. The van der Waals surface area contributed by atoms with E-state index in [4.69, 9.17) is 4.74 Å². The van der Waals surface area contributed by atoms with Crippen molar-refractivity contribution in [1.82, 2.24) is 9.78 Å². The molecule has 1 heterocycles. The van der Waals surface area contributed by atoms with E-state index in [0.717, 1.165) is 17.3 Å². The third-order valence-corrected chi connectivity index (χ3v) is 2.21. The van der Waals surface area contributed by atoms with Gasteiger partial charge in [-0.2, -0.15) is 5.10 Å². The van der Waals surface area contributed by atoms with Crippen molar-refractivity contribution in [3.05, 3.63) is 42.1 Å². The summed E-state index contributed by atoms with van der Waals surface area (Å²) in [7, 11) is 0. The molecular formula is C14H18N2O. The average molecular weight is 230 g/mol. The van der Waals surface area contributed by atoms with Crippen LogP contribution in [0.4, 0.5) is 0 Å². The first-order valence-corrected chi connectivity index (χ1v) is 5.77. The standard InChI is InChI=1S/C14H18N2O/c1-11-10-13(17-14(2,3)4)16(15-11)12-8-6-5-7-9-12/h5-10H,1-4H3. The third-order valence-electron chi connectivity index (χ3n) is 2.21. The van der Waals surface area contributed by atoms with Gasteiger partial charge in [0.1, 0.15) is 5.60 Å². The van der Waals surface area contributed by atoms with E-state index in [1.165, 1.54) is 0 Å². The number of rotatable bonds is 2. The van der Waals surface area contributed by atoms with E-state index in [-0.39, 0.29) is 5.60 Å². The van der Waals surface area contributed by atoms with Crippen LogP contribution >= 0.6 is 0 Å². The van der Waals surface area contributed by atoms with Gasteiger partial charge < -0.3 is 4.74 Å². The Kier molecular flexibility index (Phi) is 2.92. The van der Waals surface area contributed by atoms with E-state index in [0.29, 0.717) is 0 Å². The molecule has 1 aromatic carbocycles. The van der Waals surface area contributed by atoms with Crippen molar-refractivity contribution in [3.8, 4) is 11.6 Å². The summed E-state index contributed by atoms with van der Waals surface area (Å²) in [6.45, 7) is 8.06. The molecule has 1 aromatic heterocycles. The van der Waals surface area contributed by atoms with Gasteiger partial charge >= 0.3 is 0 Å². The van der Waals surface area contributed by atoms with E-state index < -0.39 is 0 Å². The van der Waals surface area contributed by atoms with Crippen molar-refractivity contribution in [2.24, 2.45) is 0 Å². The van der Waals surface area contributed by atoms with Crippen LogP contribution in [0.2, 0.25) is 0 Å². The molecule has 90 valence electrons. The van der Waals surface area contributed by atoms with E-state index in [1.54, 1.807) is 0 Å². The van der Waals surface area contributed by atoms with Gasteiger partial charge in [-0.25, -0.2) is 4.68 Å². The Bertz CT molecular complexity index is 495. The molecule has 0 unspecified atom stereocenters. The zero-order valence-electron chi connectivity index (χ0n) is 10.8. The second kappa shape index (κ2) is 4.24. The van der Waals surface area contributed by atoms with Crippen molar-refractivity contribution >= 4 is 0 Å². The largest absolute Gasteiger partial charge is 0.472 e. The lowest BCUT2D eigenvalue weighted by Gasteiger charge is -2.21. The van der Waals surface area contributed by atoms with Gasteiger partial charge in [0.25, 0.3) is 0 Å². The molecule has 17 heavy (non-hydrogen) atoms.